The monoisotopic (exact) mass is 424 g/mol. The minimum atomic E-state index is -1.16. The zero-order valence-corrected chi connectivity index (χ0v) is 17.5. The Hall–Kier alpha value is -3.20. The molecule has 2 aromatic heterocycles. The molecule has 0 spiro atoms. The average molecular weight is 424 g/mol. The van der Waals surface area contributed by atoms with Gasteiger partial charge in [0.25, 0.3) is 5.56 Å². The highest BCUT2D eigenvalue weighted by molar-refractivity contribution is 7.07. The molecule has 0 aliphatic carbocycles. The van der Waals surface area contributed by atoms with Crippen molar-refractivity contribution < 1.29 is 14.3 Å². The zero-order valence-electron chi connectivity index (χ0n) is 16.7. The molecule has 0 saturated heterocycles. The Morgan fingerprint density at radius 2 is 2.20 bits per heavy atom. The molecule has 0 amide bonds. The standard InChI is InChI=1S/C21H20N4O4S/c1-4-24-11-12(10-22-24)9-15-18(26)25-17-13-7-5-6-8-14(13)29-21(2,23-20(25)30-15)16(17)19(27)28-3/h5-11,16-17H,4H2,1-3H3/b15-9-/t16-,17-,21-/m0/s1. The lowest BCUT2D eigenvalue weighted by molar-refractivity contribution is -0.158. The average Bonchev–Trinajstić information content (AvgIpc) is 3.30. The van der Waals surface area contributed by atoms with E-state index in [9.17, 15) is 9.59 Å². The first-order chi connectivity index (χ1) is 14.4. The largest absolute Gasteiger partial charge is 0.469 e. The molecule has 9 heteroatoms. The van der Waals surface area contributed by atoms with Crippen LogP contribution in [0.25, 0.3) is 6.08 Å². The summed E-state index contributed by atoms with van der Waals surface area (Å²) in [6, 6.07) is 6.89. The Bertz CT molecular complexity index is 1340. The van der Waals surface area contributed by atoms with E-state index in [2.05, 4.69) is 5.10 Å². The van der Waals surface area contributed by atoms with E-state index in [1.165, 1.54) is 18.4 Å². The number of esters is 1. The molecule has 2 aliphatic heterocycles. The van der Waals surface area contributed by atoms with E-state index >= 15 is 0 Å². The number of rotatable bonds is 3. The van der Waals surface area contributed by atoms with Crippen LogP contribution in [-0.2, 0) is 16.1 Å². The summed E-state index contributed by atoms with van der Waals surface area (Å²) in [5, 5.41) is 4.26. The number of aromatic nitrogens is 3. The number of carbonyl (C=O) groups excluding carboxylic acids is 1. The first-order valence-corrected chi connectivity index (χ1v) is 10.5. The highest BCUT2D eigenvalue weighted by Crippen LogP contribution is 2.47. The number of methoxy groups -OCH3 is 1. The van der Waals surface area contributed by atoms with Crippen molar-refractivity contribution in [3.63, 3.8) is 0 Å². The van der Waals surface area contributed by atoms with Gasteiger partial charge in [0.2, 0.25) is 5.72 Å². The van der Waals surface area contributed by atoms with Gasteiger partial charge in [-0.3, -0.25) is 18.8 Å². The third kappa shape index (κ3) is 2.65. The second kappa shape index (κ2) is 6.66. The van der Waals surface area contributed by atoms with Crippen molar-refractivity contribution in [3.8, 4) is 5.75 Å². The van der Waals surface area contributed by atoms with Crippen LogP contribution in [0.5, 0.6) is 5.75 Å². The van der Waals surface area contributed by atoms with Crippen molar-refractivity contribution in [1.29, 1.82) is 0 Å². The smallest absolute Gasteiger partial charge is 0.317 e. The number of benzene rings is 1. The minimum Gasteiger partial charge on any atom is -0.469 e. The van der Waals surface area contributed by atoms with Crippen LogP contribution in [0.15, 0.2) is 46.4 Å². The number of nitrogens with zero attached hydrogens (tertiary/aromatic N) is 4. The molecule has 0 fully saturated rings. The number of hydrogen-bond donors (Lipinski definition) is 0. The predicted molar refractivity (Wildman–Crippen MR) is 110 cm³/mol. The van der Waals surface area contributed by atoms with Gasteiger partial charge in [0, 0.05) is 23.9 Å². The Morgan fingerprint density at radius 3 is 2.93 bits per heavy atom. The maximum Gasteiger partial charge on any atom is 0.317 e. The third-order valence-electron chi connectivity index (χ3n) is 5.61. The molecular weight excluding hydrogens is 404 g/mol. The number of thiazole rings is 1. The van der Waals surface area contributed by atoms with Crippen molar-refractivity contribution in [2.24, 2.45) is 10.9 Å². The Kier molecular flexibility index (Phi) is 4.18. The fourth-order valence-corrected chi connectivity index (χ4v) is 5.31. The van der Waals surface area contributed by atoms with Gasteiger partial charge in [-0.15, -0.1) is 0 Å². The van der Waals surface area contributed by atoms with Gasteiger partial charge in [-0.05, 0) is 26.0 Å². The van der Waals surface area contributed by atoms with E-state index in [-0.39, 0.29) is 5.56 Å². The van der Waals surface area contributed by atoms with Crippen LogP contribution in [0.4, 0.5) is 0 Å². The molecular formula is C21H20N4O4S. The van der Waals surface area contributed by atoms with Crippen molar-refractivity contribution in [2.45, 2.75) is 32.2 Å². The van der Waals surface area contributed by atoms with Gasteiger partial charge in [-0.25, -0.2) is 4.99 Å². The molecule has 2 aliphatic rings. The molecule has 8 nitrogen and oxygen atoms in total. The third-order valence-corrected chi connectivity index (χ3v) is 6.59. The van der Waals surface area contributed by atoms with Crippen LogP contribution in [0.1, 0.15) is 31.0 Å². The summed E-state index contributed by atoms with van der Waals surface area (Å²) >= 11 is 1.28. The highest BCUT2D eigenvalue weighted by atomic mass is 32.1. The first-order valence-electron chi connectivity index (χ1n) is 9.66. The van der Waals surface area contributed by atoms with Crippen LogP contribution in [-0.4, -0.2) is 33.2 Å². The van der Waals surface area contributed by atoms with Crippen molar-refractivity contribution in [2.75, 3.05) is 7.11 Å². The molecule has 0 radical (unpaired) electrons. The Labute approximate surface area is 175 Å². The lowest BCUT2D eigenvalue weighted by Gasteiger charge is -2.44. The van der Waals surface area contributed by atoms with E-state index < -0.39 is 23.7 Å². The van der Waals surface area contributed by atoms with Crippen molar-refractivity contribution >= 4 is 23.4 Å². The maximum absolute atomic E-state index is 13.4. The zero-order chi connectivity index (χ0) is 21.0. The quantitative estimate of drug-likeness (QED) is 0.587. The lowest BCUT2D eigenvalue weighted by atomic mass is 9.81. The van der Waals surface area contributed by atoms with Gasteiger partial charge in [0.05, 0.1) is 23.9 Å². The summed E-state index contributed by atoms with van der Waals surface area (Å²) in [7, 11) is 1.34. The topological polar surface area (TPSA) is 87.7 Å². The summed E-state index contributed by atoms with van der Waals surface area (Å²) in [4.78, 5) is 31.4. The number of fused-ring (bicyclic) bond motifs is 6. The van der Waals surface area contributed by atoms with E-state index in [1.54, 1.807) is 28.4 Å². The van der Waals surface area contributed by atoms with Gasteiger partial charge in [0.1, 0.15) is 11.7 Å². The normalized spacial score (nSPS) is 24.4. The molecule has 0 unspecified atom stereocenters. The number of para-hydroxylation sites is 1. The number of ether oxygens (including phenoxy) is 2. The second-order valence-electron chi connectivity index (χ2n) is 7.45. The summed E-state index contributed by atoms with van der Waals surface area (Å²) in [6.45, 7) is 4.51. The van der Waals surface area contributed by atoms with Crippen LogP contribution >= 0.6 is 11.3 Å². The lowest BCUT2D eigenvalue weighted by Crippen LogP contribution is -2.58. The number of hydrogen-bond acceptors (Lipinski definition) is 7. The van der Waals surface area contributed by atoms with Crippen molar-refractivity contribution in [1.82, 2.24) is 14.3 Å². The Balaban J connectivity index is 1.77. The molecule has 30 heavy (non-hydrogen) atoms. The number of carbonyl (C=O) groups is 1. The Morgan fingerprint density at radius 1 is 1.40 bits per heavy atom. The van der Waals surface area contributed by atoms with Gasteiger partial charge in [-0.1, -0.05) is 29.5 Å². The fraction of sp³-hybridized carbons (Fsp3) is 0.333. The van der Waals surface area contributed by atoms with Crippen LogP contribution in [0.3, 0.4) is 0 Å². The summed E-state index contributed by atoms with van der Waals surface area (Å²) < 4.78 is 15.2. The van der Waals surface area contributed by atoms with Gasteiger partial charge < -0.3 is 9.47 Å². The molecule has 0 N–H and O–H groups in total. The van der Waals surface area contributed by atoms with E-state index in [0.717, 1.165) is 17.7 Å². The summed E-state index contributed by atoms with van der Waals surface area (Å²) in [5.74, 6) is -0.612. The van der Waals surface area contributed by atoms with Crippen LogP contribution < -0.4 is 19.6 Å². The molecule has 5 rings (SSSR count). The van der Waals surface area contributed by atoms with Gasteiger partial charge in [-0.2, -0.15) is 5.10 Å². The maximum atomic E-state index is 13.4. The SMILES string of the molecule is CCn1cc(/C=c2\sc3n(c2=O)[C@H]2c4ccccc4O[C@](C)(N=3)[C@@H]2C(=O)OC)cn1. The first kappa shape index (κ1) is 18.8. The molecule has 1 aromatic carbocycles. The second-order valence-corrected chi connectivity index (χ2v) is 8.46. The van der Waals surface area contributed by atoms with Crippen LogP contribution in [0, 0.1) is 5.92 Å². The van der Waals surface area contributed by atoms with E-state index in [0.29, 0.717) is 15.1 Å². The molecule has 0 saturated carbocycles. The fourth-order valence-electron chi connectivity index (χ4n) is 4.21. The highest BCUT2D eigenvalue weighted by Gasteiger charge is 2.55. The number of aryl methyl sites for hydroxylation is 1. The van der Waals surface area contributed by atoms with Crippen molar-refractivity contribution in [3.05, 3.63) is 67.5 Å². The summed E-state index contributed by atoms with van der Waals surface area (Å²) in [6.07, 6.45) is 5.41. The van der Waals surface area contributed by atoms with E-state index in [1.807, 2.05) is 37.4 Å². The predicted octanol–water partition coefficient (Wildman–Crippen LogP) is 1.08. The summed E-state index contributed by atoms with van der Waals surface area (Å²) in [5.41, 5.74) is 0.254. The van der Waals surface area contributed by atoms with Gasteiger partial charge in [0.15, 0.2) is 4.80 Å². The minimum absolute atomic E-state index is 0.194. The molecule has 154 valence electrons. The van der Waals surface area contributed by atoms with E-state index in [4.69, 9.17) is 14.5 Å². The molecule has 4 heterocycles. The molecule has 2 bridgehead atoms. The van der Waals surface area contributed by atoms with Gasteiger partial charge >= 0.3 is 5.97 Å². The molecule has 3 aromatic rings. The molecule has 3 atom stereocenters. The van der Waals surface area contributed by atoms with Crippen LogP contribution in [0.2, 0.25) is 0 Å².